The van der Waals surface area contributed by atoms with E-state index in [0.29, 0.717) is 40.6 Å². The predicted octanol–water partition coefficient (Wildman–Crippen LogP) is 4.02. The van der Waals surface area contributed by atoms with Crippen molar-refractivity contribution in [3.05, 3.63) is 65.4 Å². The molecule has 0 radical (unpaired) electrons. The Morgan fingerprint density at radius 2 is 2.02 bits per heavy atom. The number of rotatable bonds is 5. The molecule has 10 heteroatoms. The van der Waals surface area contributed by atoms with E-state index in [1.54, 1.807) is 30.3 Å². The van der Waals surface area contributed by atoms with Gasteiger partial charge in [0.1, 0.15) is 22.8 Å². The summed E-state index contributed by atoms with van der Waals surface area (Å²) in [6.45, 7) is 2.74. The first kappa shape index (κ1) is 26.6. The Labute approximate surface area is 236 Å². The number of nitrogens with zero attached hydrogens (tertiary/aromatic N) is 6. The minimum Gasteiger partial charge on any atom is -0.467 e. The molecule has 2 aromatic heterocycles. The average molecular weight is 555 g/mol. The molecule has 8 nitrogen and oxygen atoms in total. The summed E-state index contributed by atoms with van der Waals surface area (Å²) in [5, 5.41) is 1.46. The fraction of sp³-hybridized carbons (Fsp3) is 0.290. The Kier molecular flexibility index (Phi) is 6.75. The van der Waals surface area contributed by atoms with E-state index < -0.39 is 11.6 Å². The number of pyridine rings is 1. The SMILES string of the molecule is C#Cc1c(F)ccc2cccc(-c3ncc4c(N(C)C5CCN(C(=O)C=C6CN(C)C6)C5)nc(OC)nc4c3F)c12. The Hall–Kier alpha value is -4.62. The van der Waals surface area contributed by atoms with E-state index in [1.165, 1.54) is 19.4 Å². The summed E-state index contributed by atoms with van der Waals surface area (Å²) in [5.41, 5.74) is 1.54. The maximum absolute atomic E-state index is 16.3. The average Bonchev–Trinajstić information content (AvgIpc) is 3.46. The Bertz CT molecular complexity index is 1770. The monoisotopic (exact) mass is 554 g/mol. The molecule has 2 aliphatic rings. The topological polar surface area (TPSA) is 74.7 Å². The van der Waals surface area contributed by atoms with Crippen LogP contribution in [0.3, 0.4) is 0 Å². The summed E-state index contributed by atoms with van der Waals surface area (Å²) >= 11 is 0. The van der Waals surface area contributed by atoms with Gasteiger partial charge in [0.15, 0.2) is 5.82 Å². The minimum absolute atomic E-state index is 0.00402. The molecule has 1 amide bonds. The molecular weight excluding hydrogens is 526 g/mol. The van der Waals surface area contributed by atoms with E-state index in [1.807, 2.05) is 23.9 Å². The van der Waals surface area contributed by atoms with Gasteiger partial charge in [-0.2, -0.15) is 9.97 Å². The number of carbonyl (C=O) groups is 1. The number of terminal acetylenes is 1. The third-order valence-electron chi connectivity index (χ3n) is 7.85. The van der Waals surface area contributed by atoms with Gasteiger partial charge in [0.2, 0.25) is 5.91 Å². The van der Waals surface area contributed by atoms with Gasteiger partial charge in [-0.3, -0.25) is 14.7 Å². The number of methoxy groups -OCH3 is 1. The van der Waals surface area contributed by atoms with Gasteiger partial charge in [0.05, 0.1) is 18.1 Å². The maximum atomic E-state index is 16.3. The number of likely N-dealkylation sites (tertiary alicyclic amines) is 2. The molecule has 0 N–H and O–H groups in total. The zero-order chi connectivity index (χ0) is 28.8. The quantitative estimate of drug-likeness (QED) is 0.273. The van der Waals surface area contributed by atoms with E-state index in [4.69, 9.17) is 11.2 Å². The number of likely N-dealkylation sites (N-methyl/N-ethyl adjacent to an activating group) is 2. The Morgan fingerprint density at radius 3 is 2.76 bits per heavy atom. The molecule has 1 atom stereocenters. The summed E-state index contributed by atoms with van der Waals surface area (Å²) < 4.78 is 36.2. The van der Waals surface area contributed by atoms with Gasteiger partial charge in [-0.25, -0.2) is 8.78 Å². The van der Waals surface area contributed by atoms with Crippen LogP contribution in [0.25, 0.3) is 32.9 Å². The lowest BCUT2D eigenvalue weighted by Gasteiger charge is -2.30. The molecule has 0 spiro atoms. The molecule has 2 fully saturated rings. The van der Waals surface area contributed by atoms with E-state index in [2.05, 4.69) is 25.8 Å². The largest absolute Gasteiger partial charge is 0.467 e. The lowest BCUT2D eigenvalue weighted by atomic mass is 9.96. The van der Waals surface area contributed by atoms with Crippen LogP contribution in [0.5, 0.6) is 6.01 Å². The molecule has 2 saturated heterocycles. The van der Waals surface area contributed by atoms with Gasteiger partial charge in [-0.05, 0) is 30.5 Å². The van der Waals surface area contributed by atoms with E-state index >= 15 is 4.39 Å². The van der Waals surface area contributed by atoms with Crippen LogP contribution in [0.2, 0.25) is 0 Å². The number of amides is 1. The van der Waals surface area contributed by atoms with Crippen molar-refractivity contribution in [2.75, 3.05) is 52.3 Å². The number of hydrogen-bond acceptors (Lipinski definition) is 7. The molecule has 2 aromatic carbocycles. The number of carbonyl (C=O) groups excluding carboxylic acids is 1. The highest BCUT2D eigenvalue weighted by Crippen LogP contribution is 2.37. The highest BCUT2D eigenvalue weighted by molar-refractivity contribution is 6.02. The zero-order valence-corrected chi connectivity index (χ0v) is 23.0. The summed E-state index contributed by atoms with van der Waals surface area (Å²) in [4.78, 5) is 32.0. The molecule has 1 unspecified atom stereocenters. The van der Waals surface area contributed by atoms with Crippen molar-refractivity contribution in [2.45, 2.75) is 12.5 Å². The zero-order valence-electron chi connectivity index (χ0n) is 23.0. The smallest absolute Gasteiger partial charge is 0.318 e. The summed E-state index contributed by atoms with van der Waals surface area (Å²) in [5.74, 6) is 1.58. The van der Waals surface area contributed by atoms with E-state index in [-0.39, 0.29) is 34.7 Å². The highest BCUT2D eigenvalue weighted by atomic mass is 19.1. The van der Waals surface area contributed by atoms with Gasteiger partial charge >= 0.3 is 6.01 Å². The van der Waals surface area contributed by atoms with Gasteiger partial charge in [0, 0.05) is 62.5 Å². The van der Waals surface area contributed by atoms with Crippen LogP contribution in [0, 0.1) is 24.0 Å². The molecule has 6 rings (SSSR count). The molecule has 2 aliphatic heterocycles. The maximum Gasteiger partial charge on any atom is 0.318 e. The van der Waals surface area contributed by atoms with Crippen LogP contribution in [0.4, 0.5) is 14.6 Å². The van der Waals surface area contributed by atoms with Crippen molar-refractivity contribution in [2.24, 2.45) is 0 Å². The first-order valence-electron chi connectivity index (χ1n) is 13.3. The second-order valence-electron chi connectivity index (χ2n) is 10.5. The first-order chi connectivity index (χ1) is 19.8. The number of hydrogen-bond donors (Lipinski definition) is 0. The molecule has 4 heterocycles. The first-order valence-corrected chi connectivity index (χ1v) is 13.3. The fourth-order valence-corrected chi connectivity index (χ4v) is 5.70. The van der Waals surface area contributed by atoms with Crippen molar-refractivity contribution in [3.8, 4) is 29.6 Å². The minimum atomic E-state index is -0.696. The third-order valence-corrected chi connectivity index (χ3v) is 7.85. The van der Waals surface area contributed by atoms with Gasteiger partial charge in [-0.1, -0.05) is 30.2 Å². The molecule has 208 valence electrons. The fourth-order valence-electron chi connectivity index (χ4n) is 5.70. The number of halogens is 2. The molecular formula is C31H28F2N6O2. The second-order valence-corrected chi connectivity index (χ2v) is 10.5. The molecule has 0 aliphatic carbocycles. The van der Waals surface area contributed by atoms with Crippen LogP contribution < -0.4 is 9.64 Å². The van der Waals surface area contributed by atoms with Crippen LogP contribution >= 0.6 is 0 Å². The standard InChI is InChI=1S/C31H28F2N6O2/c1-5-21-24(32)10-9-19-7-6-8-22(26(19)21)28-27(33)29-23(14-34-28)30(36-31(35-29)41-4)38(3)20-11-12-39(17-20)25(40)13-18-15-37(2)16-18/h1,6-10,13-14,20H,11-12,15-17H2,2-4H3. The lowest BCUT2D eigenvalue weighted by molar-refractivity contribution is -0.125. The van der Waals surface area contributed by atoms with Crippen LogP contribution in [0.15, 0.2) is 48.2 Å². The summed E-state index contributed by atoms with van der Waals surface area (Å²) in [6, 6.07) is 8.03. The number of ether oxygens (including phenoxy) is 1. The van der Waals surface area contributed by atoms with Crippen molar-refractivity contribution in [3.63, 3.8) is 0 Å². The van der Waals surface area contributed by atoms with E-state index in [9.17, 15) is 9.18 Å². The number of benzene rings is 2. The van der Waals surface area contributed by atoms with Crippen molar-refractivity contribution >= 4 is 33.4 Å². The lowest BCUT2D eigenvalue weighted by Crippen LogP contribution is -2.39. The molecule has 4 aromatic rings. The predicted molar refractivity (Wildman–Crippen MR) is 154 cm³/mol. The van der Waals surface area contributed by atoms with Crippen LogP contribution in [-0.4, -0.2) is 84.1 Å². The van der Waals surface area contributed by atoms with Crippen LogP contribution in [-0.2, 0) is 4.79 Å². The van der Waals surface area contributed by atoms with Gasteiger partial charge < -0.3 is 14.5 Å². The summed E-state index contributed by atoms with van der Waals surface area (Å²) in [6.07, 6.45) is 9.61. The number of aromatic nitrogens is 3. The molecule has 41 heavy (non-hydrogen) atoms. The number of fused-ring (bicyclic) bond motifs is 2. The molecule has 0 saturated carbocycles. The Morgan fingerprint density at radius 1 is 1.22 bits per heavy atom. The van der Waals surface area contributed by atoms with Gasteiger partial charge in [-0.15, -0.1) is 6.42 Å². The number of anilines is 1. The highest BCUT2D eigenvalue weighted by Gasteiger charge is 2.31. The third kappa shape index (κ3) is 4.62. The van der Waals surface area contributed by atoms with Gasteiger partial charge in [0.25, 0.3) is 0 Å². The van der Waals surface area contributed by atoms with Crippen molar-refractivity contribution in [1.82, 2.24) is 24.8 Å². The van der Waals surface area contributed by atoms with Crippen LogP contribution in [0.1, 0.15) is 12.0 Å². The summed E-state index contributed by atoms with van der Waals surface area (Å²) in [7, 11) is 5.29. The second kappa shape index (κ2) is 10.4. The van der Waals surface area contributed by atoms with E-state index in [0.717, 1.165) is 25.1 Å². The normalized spacial score (nSPS) is 17.0. The van der Waals surface area contributed by atoms with Crippen molar-refractivity contribution < 1.29 is 18.3 Å². The van der Waals surface area contributed by atoms with Crippen molar-refractivity contribution in [1.29, 1.82) is 0 Å². The molecule has 0 bridgehead atoms. The Balaban J connectivity index is 1.39.